The van der Waals surface area contributed by atoms with E-state index in [1.165, 1.54) is 11.4 Å². The lowest BCUT2D eigenvalue weighted by Gasteiger charge is -2.22. The van der Waals surface area contributed by atoms with Crippen molar-refractivity contribution in [1.29, 1.82) is 0 Å². The molecule has 0 unspecified atom stereocenters. The van der Waals surface area contributed by atoms with Crippen LogP contribution >= 0.6 is 0 Å². The monoisotopic (exact) mass is 372 g/mol. The molecule has 0 atom stereocenters. The molecule has 1 aliphatic carbocycles. The molecule has 138 valence electrons. The largest absolute Gasteiger partial charge is 0.349 e. The van der Waals surface area contributed by atoms with Gasteiger partial charge >= 0.3 is 0 Å². The summed E-state index contributed by atoms with van der Waals surface area (Å²) in [6.45, 7) is 1.84. The Morgan fingerprint density at radius 1 is 1.08 bits per heavy atom. The second kappa shape index (κ2) is 7.50. The van der Waals surface area contributed by atoms with Gasteiger partial charge in [0, 0.05) is 18.7 Å². The minimum Gasteiger partial charge on any atom is -0.349 e. The molecule has 0 saturated heterocycles. The van der Waals surface area contributed by atoms with Gasteiger partial charge in [0.15, 0.2) is 0 Å². The second-order valence-electron chi connectivity index (χ2n) is 6.74. The molecule has 0 radical (unpaired) electrons. The van der Waals surface area contributed by atoms with Gasteiger partial charge < -0.3 is 5.32 Å². The van der Waals surface area contributed by atoms with Crippen LogP contribution in [0.2, 0.25) is 0 Å². The molecular weight excluding hydrogens is 348 g/mol. The van der Waals surface area contributed by atoms with Gasteiger partial charge in [-0.1, -0.05) is 37.1 Å². The highest BCUT2D eigenvalue weighted by Crippen LogP contribution is 2.27. The number of carbonyl (C=O) groups is 1. The molecule has 0 aromatic heterocycles. The predicted octanol–water partition coefficient (Wildman–Crippen LogP) is 3.49. The van der Waals surface area contributed by atoms with Crippen molar-refractivity contribution < 1.29 is 13.2 Å². The van der Waals surface area contributed by atoms with Gasteiger partial charge in [-0.3, -0.25) is 9.10 Å². The summed E-state index contributed by atoms with van der Waals surface area (Å²) in [6, 6.07) is 13.7. The van der Waals surface area contributed by atoms with E-state index in [0.717, 1.165) is 31.2 Å². The molecule has 0 spiro atoms. The van der Waals surface area contributed by atoms with E-state index in [0.29, 0.717) is 11.3 Å². The number of benzene rings is 2. The first-order valence-electron chi connectivity index (χ1n) is 8.85. The zero-order chi connectivity index (χ0) is 18.7. The molecule has 1 N–H and O–H groups in total. The Morgan fingerprint density at radius 3 is 2.38 bits per heavy atom. The normalized spacial score (nSPS) is 15.0. The fourth-order valence-electron chi connectivity index (χ4n) is 3.31. The third kappa shape index (κ3) is 3.75. The molecule has 1 amide bonds. The van der Waals surface area contributed by atoms with Crippen LogP contribution in [0.15, 0.2) is 53.4 Å². The molecular formula is C20H24N2O3S. The van der Waals surface area contributed by atoms with Gasteiger partial charge in [-0.15, -0.1) is 0 Å². The van der Waals surface area contributed by atoms with Crippen LogP contribution < -0.4 is 9.62 Å². The molecule has 3 rings (SSSR count). The van der Waals surface area contributed by atoms with Crippen molar-refractivity contribution in [1.82, 2.24) is 5.32 Å². The van der Waals surface area contributed by atoms with Gasteiger partial charge in [0.2, 0.25) is 0 Å². The maximum Gasteiger partial charge on any atom is 0.264 e. The van der Waals surface area contributed by atoms with Gasteiger partial charge in [0.1, 0.15) is 0 Å². The van der Waals surface area contributed by atoms with Crippen molar-refractivity contribution in [3.63, 3.8) is 0 Å². The summed E-state index contributed by atoms with van der Waals surface area (Å²) in [5.41, 5.74) is 1.78. The highest BCUT2D eigenvalue weighted by atomic mass is 32.2. The third-order valence-corrected chi connectivity index (χ3v) is 6.69. The zero-order valence-electron chi connectivity index (χ0n) is 15.1. The molecule has 2 aromatic carbocycles. The Hall–Kier alpha value is -2.34. The summed E-state index contributed by atoms with van der Waals surface area (Å²) in [5, 5.41) is 3.04. The van der Waals surface area contributed by atoms with Gasteiger partial charge in [-0.2, -0.15) is 0 Å². The summed E-state index contributed by atoms with van der Waals surface area (Å²) in [5.74, 6) is -0.149. The summed E-state index contributed by atoms with van der Waals surface area (Å²) < 4.78 is 27.0. The van der Waals surface area contributed by atoms with Gasteiger partial charge in [-0.25, -0.2) is 8.42 Å². The summed E-state index contributed by atoms with van der Waals surface area (Å²) in [6.07, 6.45) is 4.30. The second-order valence-corrected chi connectivity index (χ2v) is 8.71. The molecule has 26 heavy (non-hydrogen) atoms. The minimum absolute atomic E-state index is 0.149. The number of rotatable bonds is 5. The fraction of sp³-hybridized carbons (Fsp3) is 0.350. The Balaban J connectivity index is 1.88. The van der Waals surface area contributed by atoms with E-state index in [2.05, 4.69) is 5.32 Å². The maximum absolute atomic E-state index is 12.9. The SMILES string of the molecule is Cc1ccc(C(=O)NC2CCCC2)cc1N(C)S(=O)(=O)c1ccccc1. The summed E-state index contributed by atoms with van der Waals surface area (Å²) in [7, 11) is -2.16. The lowest BCUT2D eigenvalue weighted by Crippen LogP contribution is -2.33. The molecule has 5 nitrogen and oxygen atoms in total. The van der Waals surface area contributed by atoms with Gasteiger partial charge in [0.05, 0.1) is 10.6 Å². The highest BCUT2D eigenvalue weighted by molar-refractivity contribution is 7.92. The molecule has 0 bridgehead atoms. The average molecular weight is 372 g/mol. The van der Waals surface area contributed by atoms with E-state index in [-0.39, 0.29) is 16.8 Å². The van der Waals surface area contributed by atoms with Crippen LogP contribution in [-0.4, -0.2) is 27.4 Å². The number of amides is 1. The molecule has 6 heteroatoms. The van der Waals surface area contributed by atoms with Crippen molar-refractivity contribution >= 4 is 21.6 Å². The Morgan fingerprint density at radius 2 is 1.73 bits per heavy atom. The third-order valence-electron chi connectivity index (χ3n) is 4.90. The number of hydrogen-bond donors (Lipinski definition) is 1. The van der Waals surface area contributed by atoms with Crippen LogP contribution in [0.25, 0.3) is 0 Å². The molecule has 1 fully saturated rings. The summed E-state index contributed by atoms with van der Waals surface area (Å²) in [4.78, 5) is 12.8. The number of nitrogens with zero attached hydrogens (tertiary/aromatic N) is 1. The topological polar surface area (TPSA) is 66.5 Å². The van der Waals surface area contributed by atoms with Crippen LogP contribution in [0.1, 0.15) is 41.6 Å². The zero-order valence-corrected chi connectivity index (χ0v) is 15.9. The standard InChI is InChI=1S/C20H24N2O3S/c1-15-12-13-16(20(23)21-17-8-6-7-9-17)14-19(15)22(2)26(24,25)18-10-4-3-5-11-18/h3-5,10-14,17H,6-9H2,1-2H3,(H,21,23). The average Bonchev–Trinajstić information content (AvgIpc) is 3.15. The van der Waals surface area contributed by atoms with E-state index in [1.54, 1.807) is 48.5 Å². The maximum atomic E-state index is 12.9. The molecule has 1 saturated carbocycles. The predicted molar refractivity (Wildman–Crippen MR) is 103 cm³/mol. The van der Waals surface area contributed by atoms with E-state index < -0.39 is 10.0 Å². The number of hydrogen-bond acceptors (Lipinski definition) is 3. The Bertz CT molecular complexity index is 889. The highest BCUT2D eigenvalue weighted by Gasteiger charge is 2.24. The fourth-order valence-corrected chi connectivity index (χ4v) is 4.58. The first kappa shape index (κ1) is 18.5. The van der Waals surface area contributed by atoms with Gasteiger partial charge in [-0.05, 0) is 49.6 Å². The van der Waals surface area contributed by atoms with Crippen molar-refractivity contribution in [2.45, 2.75) is 43.5 Å². The Kier molecular flexibility index (Phi) is 5.32. The van der Waals surface area contributed by atoms with Crippen molar-refractivity contribution in [3.8, 4) is 0 Å². The van der Waals surface area contributed by atoms with Crippen LogP contribution in [0.4, 0.5) is 5.69 Å². The van der Waals surface area contributed by atoms with Crippen molar-refractivity contribution in [2.75, 3.05) is 11.4 Å². The number of anilines is 1. The van der Waals surface area contributed by atoms with Crippen LogP contribution in [-0.2, 0) is 10.0 Å². The van der Waals surface area contributed by atoms with E-state index in [1.807, 2.05) is 6.92 Å². The number of carbonyl (C=O) groups excluding carboxylic acids is 1. The molecule has 1 aliphatic rings. The lowest BCUT2D eigenvalue weighted by atomic mass is 10.1. The van der Waals surface area contributed by atoms with E-state index >= 15 is 0 Å². The number of sulfonamides is 1. The van der Waals surface area contributed by atoms with Crippen LogP contribution in [0.5, 0.6) is 0 Å². The van der Waals surface area contributed by atoms with Crippen LogP contribution in [0.3, 0.4) is 0 Å². The van der Waals surface area contributed by atoms with Crippen LogP contribution in [0, 0.1) is 6.92 Å². The smallest absolute Gasteiger partial charge is 0.264 e. The lowest BCUT2D eigenvalue weighted by molar-refractivity contribution is 0.0938. The minimum atomic E-state index is -3.68. The number of aryl methyl sites for hydroxylation is 1. The van der Waals surface area contributed by atoms with Crippen molar-refractivity contribution in [3.05, 3.63) is 59.7 Å². The molecule has 2 aromatic rings. The van der Waals surface area contributed by atoms with Gasteiger partial charge in [0.25, 0.3) is 15.9 Å². The molecule has 0 aliphatic heterocycles. The van der Waals surface area contributed by atoms with E-state index in [9.17, 15) is 13.2 Å². The first-order chi connectivity index (χ1) is 12.4. The molecule has 0 heterocycles. The number of nitrogens with one attached hydrogen (secondary N) is 1. The van der Waals surface area contributed by atoms with Crippen molar-refractivity contribution in [2.24, 2.45) is 0 Å². The summed E-state index contributed by atoms with van der Waals surface area (Å²) >= 11 is 0. The van der Waals surface area contributed by atoms with E-state index in [4.69, 9.17) is 0 Å². The Labute approximate surface area is 155 Å². The first-order valence-corrected chi connectivity index (χ1v) is 10.3. The quantitative estimate of drug-likeness (QED) is 0.874.